The van der Waals surface area contributed by atoms with Crippen molar-refractivity contribution in [3.05, 3.63) is 131 Å². The number of hydrogen-bond acceptors (Lipinski definition) is 1. The zero-order chi connectivity index (χ0) is 24.3. The van der Waals surface area contributed by atoms with Gasteiger partial charge in [0, 0.05) is 9.23 Å². The van der Waals surface area contributed by atoms with Crippen LogP contribution in [0.25, 0.3) is 65.2 Å². The SMILES string of the molecule is C1=c2c(sc3ccccc23)=C(c2cccc(-c3ccc4c5ccccc5c5ccccc5c4c3)c2)CC1. The molecule has 0 aliphatic heterocycles. The van der Waals surface area contributed by atoms with E-state index in [0.29, 0.717) is 0 Å². The van der Waals surface area contributed by atoms with E-state index >= 15 is 0 Å². The van der Waals surface area contributed by atoms with Crippen molar-refractivity contribution in [1.82, 2.24) is 0 Å². The molecule has 0 atom stereocenters. The van der Waals surface area contributed by atoms with Gasteiger partial charge in [-0.05, 0) is 96.2 Å². The van der Waals surface area contributed by atoms with Crippen LogP contribution in [-0.4, -0.2) is 0 Å². The zero-order valence-corrected chi connectivity index (χ0v) is 21.2. The lowest BCUT2D eigenvalue weighted by molar-refractivity contribution is 1.09. The summed E-state index contributed by atoms with van der Waals surface area (Å²) in [6.45, 7) is 0. The summed E-state index contributed by atoms with van der Waals surface area (Å²) >= 11 is 1.94. The normalized spacial score (nSPS) is 13.4. The quantitative estimate of drug-likeness (QED) is 0.213. The van der Waals surface area contributed by atoms with Crippen molar-refractivity contribution in [2.75, 3.05) is 0 Å². The first kappa shape index (κ1) is 20.9. The van der Waals surface area contributed by atoms with Crippen LogP contribution in [0.2, 0.25) is 0 Å². The van der Waals surface area contributed by atoms with Crippen molar-refractivity contribution in [1.29, 1.82) is 0 Å². The second-order valence-corrected chi connectivity index (χ2v) is 11.0. The van der Waals surface area contributed by atoms with Gasteiger partial charge >= 0.3 is 0 Å². The van der Waals surface area contributed by atoms with Crippen LogP contribution >= 0.6 is 11.3 Å². The van der Waals surface area contributed by atoms with Crippen LogP contribution < -0.4 is 9.75 Å². The molecule has 0 saturated heterocycles. The van der Waals surface area contributed by atoms with E-state index in [4.69, 9.17) is 0 Å². The number of fused-ring (bicyclic) bond motifs is 9. The lowest BCUT2D eigenvalue weighted by Crippen LogP contribution is -2.25. The Hall–Kier alpha value is -4.20. The molecule has 1 aromatic heterocycles. The third-order valence-electron chi connectivity index (χ3n) is 7.94. The van der Waals surface area contributed by atoms with Gasteiger partial charge in [0.25, 0.3) is 0 Å². The predicted molar refractivity (Wildman–Crippen MR) is 162 cm³/mol. The molecule has 0 unspecified atom stereocenters. The number of hydrogen-bond donors (Lipinski definition) is 0. The Morgan fingerprint density at radius 3 is 1.81 bits per heavy atom. The Balaban J connectivity index is 1.35. The Bertz CT molecular complexity index is 2110. The second kappa shape index (κ2) is 8.16. The first-order valence-electron chi connectivity index (χ1n) is 13.0. The monoisotopic (exact) mass is 488 g/mol. The van der Waals surface area contributed by atoms with E-state index in [0.717, 1.165) is 12.8 Å². The lowest BCUT2D eigenvalue weighted by Gasteiger charge is -2.14. The molecule has 0 spiro atoms. The Kier molecular flexibility index (Phi) is 4.62. The van der Waals surface area contributed by atoms with Gasteiger partial charge in [-0.2, -0.15) is 0 Å². The van der Waals surface area contributed by atoms with E-state index < -0.39 is 0 Å². The molecule has 0 saturated carbocycles. The first-order valence-corrected chi connectivity index (χ1v) is 13.8. The molecule has 0 radical (unpaired) electrons. The highest BCUT2D eigenvalue weighted by atomic mass is 32.1. The number of thiophene rings is 1. The third-order valence-corrected chi connectivity index (χ3v) is 9.19. The van der Waals surface area contributed by atoms with Crippen LogP contribution in [-0.2, 0) is 0 Å². The lowest BCUT2D eigenvalue weighted by atomic mass is 9.91. The molecule has 174 valence electrons. The smallest absolute Gasteiger partial charge is 0.0390 e. The van der Waals surface area contributed by atoms with Crippen molar-refractivity contribution in [2.24, 2.45) is 0 Å². The summed E-state index contributed by atoms with van der Waals surface area (Å²) in [6.07, 6.45) is 4.63. The fraction of sp³-hybridized carbons (Fsp3) is 0.0556. The molecular formula is C36H24S. The van der Waals surface area contributed by atoms with Crippen molar-refractivity contribution < 1.29 is 0 Å². The molecule has 0 bridgehead atoms. The minimum Gasteiger partial charge on any atom is -0.135 e. The molecule has 1 aliphatic carbocycles. The highest BCUT2D eigenvalue weighted by Gasteiger charge is 2.14. The van der Waals surface area contributed by atoms with Gasteiger partial charge in [0.2, 0.25) is 0 Å². The van der Waals surface area contributed by atoms with Gasteiger partial charge in [-0.3, -0.25) is 0 Å². The summed E-state index contributed by atoms with van der Waals surface area (Å²) in [6, 6.07) is 42.6. The van der Waals surface area contributed by atoms with E-state index in [1.165, 1.54) is 74.4 Å². The van der Waals surface area contributed by atoms with E-state index in [2.05, 4.69) is 121 Å². The van der Waals surface area contributed by atoms with Gasteiger partial charge in [-0.25, -0.2) is 0 Å². The molecule has 6 aromatic carbocycles. The standard InChI is InChI=1S/C36H24S/c1-2-13-29-27(11-1)28-12-3-4-14-30(28)34-22-24(19-20-31(29)34)23-9-7-10-25(21-23)26-16-8-17-33-32-15-5-6-18-35(32)37-36(26)33/h1-7,9-15,17-22H,8,16H2. The summed E-state index contributed by atoms with van der Waals surface area (Å²) in [5, 5.41) is 10.8. The average Bonchev–Trinajstić information content (AvgIpc) is 3.36. The molecule has 0 amide bonds. The van der Waals surface area contributed by atoms with Gasteiger partial charge < -0.3 is 0 Å². The molecule has 0 fully saturated rings. The molecule has 0 nitrogen and oxygen atoms in total. The van der Waals surface area contributed by atoms with Gasteiger partial charge in [-0.1, -0.05) is 103 Å². The topological polar surface area (TPSA) is 0 Å². The van der Waals surface area contributed by atoms with E-state index in [1.807, 2.05) is 11.3 Å². The summed E-state index contributed by atoms with van der Waals surface area (Å²) in [4.78, 5) is 0. The first-order chi connectivity index (χ1) is 18.3. The highest BCUT2D eigenvalue weighted by Crippen LogP contribution is 2.37. The molecule has 37 heavy (non-hydrogen) atoms. The molecule has 1 heterocycles. The number of benzene rings is 6. The van der Waals surface area contributed by atoms with Crippen molar-refractivity contribution >= 4 is 65.4 Å². The zero-order valence-electron chi connectivity index (χ0n) is 20.4. The second-order valence-electron chi connectivity index (χ2n) is 9.99. The molecule has 1 heteroatoms. The van der Waals surface area contributed by atoms with Crippen LogP contribution in [0.5, 0.6) is 0 Å². The Labute approximate surface area is 219 Å². The maximum atomic E-state index is 2.43. The molecule has 1 aliphatic rings. The largest absolute Gasteiger partial charge is 0.135 e. The Morgan fingerprint density at radius 1 is 0.459 bits per heavy atom. The van der Waals surface area contributed by atoms with Crippen LogP contribution in [0, 0.1) is 0 Å². The molecule has 8 rings (SSSR count). The molecule has 0 N–H and O–H groups in total. The van der Waals surface area contributed by atoms with Gasteiger partial charge in [-0.15, -0.1) is 11.3 Å². The summed E-state index contributed by atoms with van der Waals surface area (Å²) in [7, 11) is 0. The van der Waals surface area contributed by atoms with Gasteiger partial charge in [0.15, 0.2) is 0 Å². The van der Waals surface area contributed by atoms with E-state index in [-0.39, 0.29) is 0 Å². The molecular weight excluding hydrogens is 464 g/mol. The fourth-order valence-corrected chi connectivity index (χ4v) is 7.52. The van der Waals surface area contributed by atoms with Crippen LogP contribution in [0.1, 0.15) is 18.4 Å². The maximum absolute atomic E-state index is 2.43. The summed E-state index contributed by atoms with van der Waals surface area (Å²) < 4.78 is 2.83. The number of rotatable bonds is 2. The van der Waals surface area contributed by atoms with Crippen molar-refractivity contribution in [2.45, 2.75) is 12.8 Å². The summed E-state index contributed by atoms with van der Waals surface area (Å²) in [5.74, 6) is 0. The maximum Gasteiger partial charge on any atom is 0.0390 e. The van der Waals surface area contributed by atoms with Crippen LogP contribution in [0.3, 0.4) is 0 Å². The van der Waals surface area contributed by atoms with Gasteiger partial charge in [0.05, 0.1) is 0 Å². The van der Waals surface area contributed by atoms with E-state index in [9.17, 15) is 0 Å². The third kappa shape index (κ3) is 3.21. The Morgan fingerprint density at radius 2 is 1.05 bits per heavy atom. The van der Waals surface area contributed by atoms with E-state index in [1.54, 1.807) is 0 Å². The van der Waals surface area contributed by atoms with Crippen molar-refractivity contribution in [3.63, 3.8) is 0 Å². The summed E-state index contributed by atoms with van der Waals surface area (Å²) in [5.41, 5.74) is 5.38. The predicted octanol–water partition coefficient (Wildman–Crippen LogP) is 8.80. The minimum atomic E-state index is 1.09. The molecule has 7 aromatic rings. The van der Waals surface area contributed by atoms with Crippen LogP contribution in [0.4, 0.5) is 0 Å². The highest BCUT2D eigenvalue weighted by molar-refractivity contribution is 7.17. The minimum absolute atomic E-state index is 1.09. The average molecular weight is 489 g/mol. The van der Waals surface area contributed by atoms with Crippen molar-refractivity contribution in [3.8, 4) is 11.1 Å². The van der Waals surface area contributed by atoms with Crippen LogP contribution in [0.15, 0.2) is 115 Å². The fourth-order valence-electron chi connectivity index (χ4n) is 6.22. The van der Waals surface area contributed by atoms with Gasteiger partial charge in [0.1, 0.15) is 0 Å².